The van der Waals surface area contributed by atoms with E-state index < -0.39 is 0 Å². The van der Waals surface area contributed by atoms with E-state index in [1.54, 1.807) is 43.9 Å². The van der Waals surface area contributed by atoms with Crippen molar-refractivity contribution in [1.82, 2.24) is 19.9 Å². The predicted molar refractivity (Wildman–Crippen MR) is 130 cm³/mol. The van der Waals surface area contributed by atoms with E-state index in [1.807, 2.05) is 36.4 Å². The zero-order valence-electron chi connectivity index (χ0n) is 18.1. The lowest BCUT2D eigenvalue weighted by Gasteiger charge is -2.13. The lowest BCUT2D eigenvalue weighted by molar-refractivity contribution is 0.103. The minimum atomic E-state index is -0.278. The number of fused-ring (bicyclic) bond motifs is 1. The van der Waals surface area contributed by atoms with Crippen molar-refractivity contribution in [2.24, 2.45) is 0 Å². The summed E-state index contributed by atoms with van der Waals surface area (Å²) in [6, 6.07) is 17.1. The molecule has 0 aliphatic carbocycles. The van der Waals surface area contributed by atoms with Crippen molar-refractivity contribution < 1.29 is 14.3 Å². The second-order valence-electron chi connectivity index (χ2n) is 7.22. The van der Waals surface area contributed by atoms with Crippen LogP contribution in [0, 0.1) is 0 Å². The molecule has 5 rings (SSSR count). The van der Waals surface area contributed by atoms with Gasteiger partial charge in [0, 0.05) is 29.5 Å². The molecule has 0 aliphatic rings. The lowest BCUT2D eigenvalue weighted by Crippen LogP contribution is -2.10. The first-order valence-electron chi connectivity index (χ1n) is 10.4. The van der Waals surface area contributed by atoms with E-state index >= 15 is 0 Å². The van der Waals surface area contributed by atoms with Crippen LogP contribution in [-0.2, 0) is 6.61 Å². The Balaban J connectivity index is 1.30. The third kappa shape index (κ3) is 4.69. The van der Waals surface area contributed by atoms with Crippen molar-refractivity contribution in [3.8, 4) is 22.2 Å². The van der Waals surface area contributed by atoms with Crippen molar-refractivity contribution in [1.29, 1.82) is 0 Å². The molecule has 34 heavy (non-hydrogen) atoms. The topological polar surface area (TPSA) is 99.1 Å². The van der Waals surface area contributed by atoms with Gasteiger partial charge in [0.05, 0.1) is 30.7 Å². The molecule has 1 amide bonds. The summed E-state index contributed by atoms with van der Waals surface area (Å²) in [5.41, 5.74) is 2.88. The Morgan fingerprint density at radius 3 is 2.76 bits per heavy atom. The first-order valence-corrected chi connectivity index (χ1v) is 11.2. The van der Waals surface area contributed by atoms with E-state index in [2.05, 4.69) is 25.3 Å². The van der Waals surface area contributed by atoms with E-state index in [-0.39, 0.29) is 12.5 Å². The number of anilines is 1. The van der Waals surface area contributed by atoms with Crippen LogP contribution in [0.25, 0.3) is 21.6 Å². The van der Waals surface area contributed by atoms with Gasteiger partial charge >= 0.3 is 0 Å². The molecule has 0 spiro atoms. The highest BCUT2D eigenvalue weighted by Crippen LogP contribution is 2.31. The highest BCUT2D eigenvalue weighted by atomic mass is 32.1. The van der Waals surface area contributed by atoms with Crippen LogP contribution in [0.1, 0.15) is 15.4 Å². The van der Waals surface area contributed by atoms with Crippen LogP contribution in [0.2, 0.25) is 0 Å². The first kappa shape index (κ1) is 21.5. The number of aromatic nitrogens is 4. The van der Waals surface area contributed by atoms with Gasteiger partial charge < -0.3 is 14.8 Å². The predicted octanol–water partition coefficient (Wildman–Crippen LogP) is 4.99. The summed E-state index contributed by atoms with van der Waals surface area (Å²) in [6.07, 6.45) is 6.31. The quantitative estimate of drug-likeness (QED) is 0.359. The van der Waals surface area contributed by atoms with E-state index in [0.29, 0.717) is 32.8 Å². The molecule has 5 aromatic rings. The number of nitrogens with one attached hydrogen (secondary N) is 1. The van der Waals surface area contributed by atoms with Crippen LogP contribution < -0.4 is 14.8 Å². The van der Waals surface area contributed by atoms with Crippen LogP contribution in [0.3, 0.4) is 0 Å². The summed E-state index contributed by atoms with van der Waals surface area (Å²) in [4.78, 5) is 30.4. The summed E-state index contributed by atoms with van der Waals surface area (Å²) in [5, 5.41) is 4.57. The molecule has 1 N–H and O–H groups in total. The third-order valence-corrected chi connectivity index (χ3v) is 5.98. The van der Waals surface area contributed by atoms with Gasteiger partial charge in [-0.2, -0.15) is 0 Å². The molecule has 168 valence electrons. The van der Waals surface area contributed by atoms with Gasteiger partial charge in [-0.1, -0.05) is 24.3 Å². The highest BCUT2D eigenvalue weighted by molar-refractivity contribution is 7.17. The highest BCUT2D eigenvalue weighted by Gasteiger charge is 2.14. The van der Waals surface area contributed by atoms with Gasteiger partial charge in [-0.05, 0) is 24.3 Å². The molecule has 0 saturated carbocycles. The number of nitrogens with zero attached hydrogens (tertiary/aromatic N) is 4. The molecule has 0 fully saturated rings. The molecular formula is C25H19N5O3S. The summed E-state index contributed by atoms with van der Waals surface area (Å²) in [6.45, 7) is 0.259. The monoisotopic (exact) mass is 469 g/mol. The number of carbonyl (C=O) groups is 1. The van der Waals surface area contributed by atoms with Crippen LogP contribution in [0.15, 0.2) is 79.4 Å². The van der Waals surface area contributed by atoms with Crippen molar-refractivity contribution in [3.05, 3.63) is 90.0 Å². The number of carbonyl (C=O) groups excluding carboxylic acids is 1. The van der Waals surface area contributed by atoms with Crippen LogP contribution >= 0.6 is 11.3 Å². The number of rotatable bonds is 7. The van der Waals surface area contributed by atoms with Gasteiger partial charge in [0.15, 0.2) is 11.5 Å². The summed E-state index contributed by atoms with van der Waals surface area (Å²) in [5.74, 6) is 0.779. The second-order valence-corrected chi connectivity index (χ2v) is 8.25. The maximum atomic E-state index is 12.8. The smallest absolute Gasteiger partial charge is 0.267 e. The fourth-order valence-electron chi connectivity index (χ4n) is 3.31. The van der Waals surface area contributed by atoms with Crippen LogP contribution in [-0.4, -0.2) is 33.0 Å². The molecule has 8 nitrogen and oxygen atoms in total. The van der Waals surface area contributed by atoms with Crippen molar-refractivity contribution in [2.45, 2.75) is 6.61 Å². The number of pyridine rings is 1. The Morgan fingerprint density at radius 1 is 1.00 bits per heavy atom. The molecule has 9 heteroatoms. The lowest BCUT2D eigenvalue weighted by atomic mass is 10.2. The third-order valence-electron chi connectivity index (χ3n) is 4.96. The molecule has 0 radical (unpaired) electrons. The largest absolute Gasteiger partial charge is 0.493 e. The zero-order valence-corrected chi connectivity index (χ0v) is 19.0. The Bertz CT molecular complexity index is 1460. The van der Waals surface area contributed by atoms with Gasteiger partial charge in [0.2, 0.25) is 0 Å². The minimum Gasteiger partial charge on any atom is -0.493 e. The van der Waals surface area contributed by atoms with Crippen LogP contribution in [0.5, 0.6) is 11.5 Å². The van der Waals surface area contributed by atoms with E-state index in [0.717, 1.165) is 16.6 Å². The number of para-hydroxylation sites is 1. The fourth-order valence-corrected chi connectivity index (χ4v) is 4.08. The Kier molecular flexibility index (Phi) is 6.09. The molecule has 0 unspecified atom stereocenters. The summed E-state index contributed by atoms with van der Waals surface area (Å²) < 4.78 is 11.4. The number of ether oxygens (including phenoxy) is 2. The Hall–Kier alpha value is -4.37. The van der Waals surface area contributed by atoms with Gasteiger partial charge in [-0.3, -0.25) is 14.8 Å². The molecule has 3 aromatic heterocycles. The van der Waals surface area contributed by atoms with Crippen molar-refractivity contribution >= 4 is 33.8 Å². The van der Waals surface area contributed by atoms with Crippen LogP contribution in [0.4, 0.5) is 5.69 Å². The van der Waals surface area contributed by atoms with E-state index in [9.17, 15) is 4.79 Å². The van der Waals surface area contributed by atoms with Gasteiger partial charge in [0.25, 0.3) is 5.91 Å². The van der Waals surface area contributed by atoms with Crippen molar-refractivity contribution in [2.75, 3.05) is 12.4 Å². The molecule has 0 atom stereocenters. The average molecular weight is 470 g/mol. The average Bonchev–Trinajstić information content (AvgIpc) is 3.39. The maximum Gasteiger partial charge on any atom is 0.267 e. The van der Waals surface area contributed by atoms with E-state index in [1.165, 1.54) is 17.5 Å². The number of thiazole rings is 1. The zero-order chi connectivity index (χ0) is 23.3. The second kappa shape index (κ2) is 9.63. The SMILES string of the molecule is COc1ccc(NC(=O)c2cnc(-c3cnccn3)s2)cc1OCc1ccc2ccccc2n1. The maximum absolute atomic E-state index is 12.8. The van der Waals surface area contributed by atoms with Gasteiger partial charge in [0.1, 0.15) is 22.2 Å². The molecule has 2 aromatic carbocycles. The van der Waals surface area contributed by atoms with Gasteiger partial charge in [-0.25, -0.2) is 9.97 Å². The van der Waals surface area contributed by atoms with Gasteiger partial charge in [-0.15, -0.1) is 11.3 Å². The fraction of sp³-hybridized carbons (Fsp3) is 0.0800. The Morgan fingerprint density at radius 2 is 1.91 bits per heavy atom. The standard InChI is InChI=1S/C25H19N5O3S/c1-32-21-9-8-17(30-24(31)23-14-28-25(34-23)20-13-26-10-11-27-20)12-22(21)33-15-18-7-6-16-4-2-3-5-19(16)29-18/h2-14H,15H2,1H3,(H,30,31). The normalized spacial score (nSPS) is 10.7. The number of methoxy groups -OCH3 is 1. The molecule has 0 saturated heterocycles. The molecular weight excluding hydrogens is 450 g/mol. The first-order chi connectivity index (χ1) is 16.7. The molecule has 0 bridgehead atoms. The number of amides is 1. The number of hydrogen-bond donors (Lipinski definition) is 1. The molecule has 3 heterocycles. The number of benzene rings is 2. The summed E-state index contributed by atoms with van der Waals surface area (Å²) >= 11 is 1.24. The number of hydrogen-bond acceptors (Lipinski definition) is 8. The Labute approximate surface area is 199 Å². The van der Waals surface area contributed by atoms with E-state index in [4.69, 9.17) is 9.47 Å². The minimum absolute atomic E-state index is 0.259. The summed E-state index contributed by atoms with van der Waals surface area (Å²) in [7, 11) is 1.57. The van der Waals surface area contributed by atoms with Crippen molar-refractivity contribution in [3.63, 3.8) is 0 Å². The molecule has 0 aliphatic heterocycles.